The Bertz CT molecular complexity index is 273. The van der Waals surface area contributed by atoms with Crippen molar-refractivity contribution < 1.29 is 16.9 Å². The van der Waals surface area contributed by atoms with Crippen LogP contribution in [-0.4, -0.2) is 24.6 Å². The van der Waals surface area contributed by atoms with Crippen LogP contribution in [0.4, 0.5) is 0 Å². The van der Waals surface area contributed by atoms with Crippen molar-refractivity contribution in [3.63, 3.8) is 0 Å². The van der Waals surface area contributed by atoms with Crippen molar-refractivity contribution in [2.45, 2.75) is 33.2 Å². The third-order valence-corrected chi connectivity index (χ3v) is 3.22. The molecule has 0 aliphatic rings. The van der Waals surface area contributed by atoms with Gasteiger partial charge < -0.3 is 16.9 Å². The quantitative estimate of drug-likeness (QED) is 0.635. The van der Waals surface area contributed by atoms with Crippen LogP contribution < -0.4 is 12.4 Å². The minimum Gasteiger partial charge on any atom is -1.00 e. The van der Waals surface area contributed by atoms with Crippen molar-refractivity contribution in [3.8, 4) is 0 Å². The van der Waals surface area contributed by atoms with Gasteiger partial charge in [0, 0.05) is 5.56 Å². The number of rotatable bonds is 6. The van der Waals surface area contributed by atoms with Crippen LogP contribution in [0.5, 0.6) is 0 Å². The zero-order valence-corrected chi connectivity index (χ0v) is 11.5. The molecule has 0 saturated carbocycles. The average Bonchev–Trinajstić information content (AvgIpc) is 2.28. The Morgan fingerprint density at radius 3 is 2.19 bits per heavy atom. The van der Waals surface area contributed by atoms with E-state index in [9.17, 15) is 0 Å². The van der Waals surface area contributed by atoms with Gasteiger partial charge in [0.1, 0.15) is 6.54 Å². The molecular weight excluding hydrogens is 218 g/mol. The first kappa shape index (κ1) is 15.5. The lowest BCUT2D eigenvalue weighted by atomic mass is 10.1. The molecule has 1 rings (SSSR count). The van der Waals surface area contributed by atoms with Crippen molar-refractivity contribution in [1.29, 1.82) is 0 Å². The van der Waals surface area contributed by atoms with Gasteiger partial charge in [-0.2, -0.15) is 0 Å². The van der Waals surface area contributed by atoms with Crippen molar-refractivity contribution in [3.05, 3.63) is 35.9 Å². The monoisotopic (exact) mass is 241 g/mol. The fourth-order valence-electron chi connectivity index (χ4n) is 1.91. The molecule has 0 aliphatic heterocycles. The third kappa shape index (κ3) is 5.00. The van der Waals surface area contributed by atoms with E-state index in [1.165, 1.54) is 31.5 Å². The highest BCUT2D eigenvalue weighted by Gasteiger charge is 2.18. The number of hydrogen-bond donors (Lipinski definition) is 0. The van der Waals surface area contributed by atoms with Gasteiger partial charge in [0.15, 0.2) is 0 Å². The molecule has 0 bridgehead atoms. The topological polar surface area (TPSA) is 0 Å². The molecule has 2 heteroatoms. The van der Waals surface area contributed by atoms with Crippen LogP contribution >= 0.6 is 0 Å². The van der Waals surface area contributed by atoms with Crippen LogP contribution in [0, 0.1) is 0 Å². The Morgan fingerprint density at radius 1 is 1.06 bits per heavy atom. The largest absolute Gasteiger partial charge is 1.00 e. The summed E-state index contributed by atoms with van der Waals surface area (Å²) < 4.78 is 1.16. The Kier molecular flexibility index (Phi) is 7.44. The number of halogens is 1. The second-order valence-electron chi connectivity index (χ2n) is 4.66. The van der Waals surface area contributed by atoms with Gasteiger partial charge >= 0.3 is 0 Å². The van der Waals surface area contributed by atoms with E-state index in [1.54, 1.807) is 0 Å². The first-order valence-corrected chi connectivity index (χ1v) is 6.07. The van der Waals surface area contributed by atoms with Gasteiger partial charge in [-0.1, -0.05) is 43.7 Å². The molecule has 1 unspecified atom stereocenters. The van der Waals surface area contributed by atoms with Crippen molar-refractivity contribution in [2.24, 2.45) is 0 Å². The van der Waals surface area contributed by atoms with Gasteiger partial charge in [0.05, 0.1) is 20.1 Å². The van der Waals surface area contributed by atoms with Crippen LogP contribution in [0.3, 0.4) is 0 Å². The molecular formula is C14H24ClN. The fourth-order valence-corrected chi connectivity index (χ4v) is 1.91. The lowest BCUT2D eigenvalue weighted by Gasteiger charge is -2.33. The van der Waals surface area contributed by atoms with Crippen LogP contribution in [0.15, 0.2) is 30.3 Å². The summed E-state index contributed by atoms with van der Waals surface area (Å²) in [5, 5.41) is 0. The Labute approximate surface area is 106 Å². The minimum absolute atomic E-state index is 0. The molecule has 0 N–H and O–H groups in total. The molecule has 0 saturated heterocycles. The summed E-state index contributed by atoms with van der Waals surface area (Å²) in [5.74, 6) is 0. The fraction of sp³-hybridized carbons (Fsp3) is 0.571. The molecule has 1 nitrogen and oxygen atoms in total. The lowest BCUT2D eigenvalue weighted by Crippen LogP contribution is -3.00. The smallest absolute Gasteiger partial charge is 0.104 e. The van der Waals surface area contributed by atoms with E-state index in [0.29, 0.717) is 0 Å². The van der Waals surface area contributed by atoms with Crippen molar-refractivity contribution in [2.75, 3.05) is 20.1 Å². The molecule has 1 atom stereocenters. The summed E-state index contributed by atoms with van der Waals surface area (Å²) >= 11 is 0. The zero-order chi connectivity index (χ0) is 11.1. The van der Waals surface area contributed by atoms with Crippen LogP contribution in [-0.2, 0) is 6.54 Å². The van der Waals surface area contributed by atoms with E-state index in [0.717, 1.165) is 11.0 Å². The SMILES string of the molecule is CCCC[N+](C)(CC)Cc1ccccc1.[Cl-]. The normalized spacial score (nSPS) is 13.9. The van der Waals surface area contributed by atoms with Gasteiger partial charge in [-0.15, -0.1) is 0 Å². The summed E-state index contributed by atoms with van der Waals surface area (Å²) in [6.45, 7) is 8.23. The maximum absolute atomic E-state index is 2.36. The summed E-state index contributed by atoms with van der Waals surface area (Å²) in [7, 11) is 2.36. The maximum atomic E-state index is 2.36. The number of quaternary nitrogens is 1. The number of unbranched alkanes of at least 4 members (excludes halogenated alkanes) is 1. The van der Waals surface area contributed by atoms with Crippen LogP contribution in [0.25, 0.3) is 0 Å². The van der Waals surface area contributed by atoms with Gasteiger partial charge in [-0.3, -0.25) is 0 Å². The molecule has 92 valence electrons. The lowest BCUT2D eigenvalue weighted by molar-refractivity contribution is -0.921. The molecule has 16 heavy (non-hydrogen) atoms. The number of hydrogen-bond acceptors (Lipinski definition) is 0. The van der Waals surface area contributed by atoms with E-state index in [1.807, 2.05) is 0 Å². The predicted molar refractivity (Wildman–Crippen MR) is 66.6 cm³/mol. The molecule has 0 fully saturated rings. The molecule has 0 spiro atoms. The summed E-state index contributed by atoms with van der Waals surface area (Å²) in [4.78, 5) is 0. The molecule has 0 aliphatic carbocycles. The van der Waals surface area contributed by atoms with E-state index < -0.39 is 0 Å². The first-order valence-electron chi connectivity index (χ1n) is 6.07. The molecule has 0 heterocycles. The molecule has 1 aromatic carbocycles. The maximum Gasteiger partial charge on any atom is 0.104 e. The second kappa shape index (κ2) is 7.70. The second-order valence-corrected chi connectivity index (χ2v) is 4.66. The first-order chi connectivity index (χ1) is 7.20. The van der Waals surface area contributed by atoms with E-state index in [-0.39, 0.29) is 12.4 Å². The molecule has 0 aromatic heterocycles. The standard InChI is InChI=1S/C14H24N.ClH/c1-4-6-12-15(3,5-2)13-14-10-8-7-9-11-14;/h7-11H,4-6,12-13H2,1-3H3;1H/q+1;/p-1. The number of nitrogens with zero attached hydrogens (tertiary/aromatic N) is 1. The van der Waals surface area contributed by atoms with Gasteiger partial charge in [0.25, 0.3) is 0 Å². The van der Waals surface area contributed by atoms with E-state index >= 15 is 0 Å². The summed E-state index contributed by atoms with van der Waals surface area (Å²) in [5.41, 5.74) is 1.46. The van der Waals surface area contributed by atoms with Gasteiger partial charge in [-0.25, -0.2) is 0 Å². The predicted octanol–water partition coefficient (Wildman–Crippen LogP) is 0.457. The zero-order valence-electron chi connectivity index (χ0n) is 10.7. The van der Waals surface area contributed by atoms with Crippen LogP contribution in [0.2, 0.25) is 0 Å². The Hall–Kier alpha value is -0.530. The van der Waals surface area contributed by atoms with E-state index in [2.05, 4.69) is 51.2 Å². The van der Waals surface area contributed by atoms with Crippen LogP contribution in [0.1, 0.15) is 32.3 Å². The molecule has 0 radical (unpaired) electrons. The van der Waals surface area contributed by atoms with Crippen molar-refractivity contribution in [1.82, 2.24) is 0 Å². The Balaban J connectivity index is 0.00000225. The highest BCUT2D eigenvalue weighted by Crippen LogP contribution is 2.12. The highest BCUT2D eigenvalue weighted by molar-refractivity contribution is 5.13. The third-order valence-electron chi connectivity index (χ3n) is 3.22. The summed E-state index contributed by atoms with van der Waals surface area (Å²) in [6, 6.07) is 10.8. The molecule has 1 aromatic rings. The highest BCUT2D eigenvalue weighted by atomic mass is 35.5. The van der Waals surface area contributed by atoms with Gasteiger partial charge in [0.2, 0.25) is 0 Å². The average molecular weight is 242 g/mol. The van der Waals surface area contributed by atoms with Crippen molar-refractivity contribution >= 4 is 0 Å². The Morgan fingerprint density at radius 2 is 1.69 bits per heavy atom. The summed E-state index contributed by atoms with van der Waals surface area (Å²) in [6.07, 6.45) is 2.62. The molecule has 0 amide bonds. The van der Waals surface area contributed by atoms with E-state index in [4.69, 9.17) is 0 Å². The minimum atomic E-state index is 0. The number of benzene rings is 1. The van der Waals surface area contributed by atoms with Gasteiger partial charge in [-0.05, 0) is 13.3 Å².